The maximum absolute atomic E-state index is 10.4. The minimum Gasteiger partial charge on any atom is -0.480 e. The zero-order chi connectivity index (χ0) is 9.56. The van der Waals surface area contributed by atoms with Gasteiger partial charge in [-0.15, -0.1) is 0 Å². The number of rotatable bonds is 6. The molecule has 0 bridgehead atoms. The quantitative estimate of drug-likeness (QED) is 0.557. The predicted octanol–water partition coefficient (Wildman–Crippen LogP) is 0.000800. The van der Waals surface area contributed by atoms with E-state index >= 15 is 0 Å². The minimum absolute atomic E-state index is 0.438. The molecule has 0 unspecified atom stereocenters. The van der Waals surface area contributed by atoms with E-state index in [9.17, 15) is 4.79 Å². The summed E-state index contributed by atoms with van der Waals surface area (Å²) in [6.45, 7) is 3.39. The second-order valence-electron chi connectivity index (χ2n) is 3.17. The molecule has 0 rings (SSSR count). The van der Waals surface area contributed by atoms with Crippen molar-refractivity contribution in [2.45, 2.75) is 19.4 Å². The lowest BCUT2D eigenvalue weighted by Gasteiger charge is -2.11. The molecule has 0 fully saturated rings. The molecule has 2 N–H and O–H groups in total. The first-order valence-electron chi connectivity index (χ1n) is 4.15. The second kappa shape index (κ2) is 5.97. The van der Waals surface area contributed by atoms with Crippen molar-refractivity contribution in [1.82, 2.24) is 10.2 Å². The van der Waals surface area contributed by atoms with E-state index in [2.05, 4.69) is 10.2 Å². The van der Waals surface area contributed by atoms with Gasteiger partial charge in [0.2, 0.25) is 0 Å². The van der Waals surface area contributed by atoms with Crippen LogP contribution in [0.2, 0.25) is 0 Å². The van der Waals surface area contributed by atoms with E-state index < -0.39 is 12.0 Å². The zero-order valence-corrected chi connectivity index (χ0v) is 8.00. The number of carboxylic acid groups (broad SMARTS) is 1. The molecule has 4 nitrogen and oxygen atoms in total. The number of hydrogen-bond acceptors (Lipinski definition) is 3. The molecule has 0 amide bonds. The zero-order valence-electron chi connectivity index (χ0n) is 8.00. The van der Waals surface area contributed by atoms with Crippen LogP contribution < -0.4 is 5.32 Å². The molecule has 12 heavy (non-hydrogen) atoms. The van der Waals surface area contributed by atoms with E-state index in [1.165, 1.54) is 0 Å². The Morgan fingerprint density at radius 2 is 2.17 bits per heavy atom. The molecule has 0 aromatic heterocycles. The van der Waals surface area contributed by atoms with Crippen LogP contribution in [0.3, 0.4) is 0 Å². The molecule has 4 heteroatoms. The molecule has 0 aromatic carbocycles. The molecule has 0 heterocycles. The van der Waals surface area contributed by atoms with Crippen molar-refractivity contribution < 1.29 is 9.90 Å². The maximum atomic E-state index is 10.4. The fraction of sp³-hybridized carbons (Fsp3) is 0.875. The molecule has 0 aromatic rings. The molecule has 0 aliphatic carbocycles. The minimum atomic E-state index is -0.792. The summed E-state index contributed by atoms with van der Waals surface area (Å²) in [7, 11) is 4.00. The fourth-order valence-electron chi connectivity index (χ4n) is 0.801. The monoisotopic (exact) mass is 174 g/mol. The summed E-state index contributed by atoms with van der Waals surface area (Å²) in [6, 6.07) is -0.438. The molecule has 0 spiro atoms. The van der Waals surface area contributed by atoms with Crippen molar-refractivity contribution in [1.29, 1.82) is 0 Å². The number of carboxylic acids is 1. The summed E-state index contributed by atoms with van der Waals surface area (Å²) in [5, 5.41) is 11.4. The highest BCUT2D eigenvalue weighted by molar-refractivity contribution is 5.72. The van der Waals surface area contributed by atoms with Gasteiger partial charge >= 0.3 is 5.97 Å². The standard InChI is InChI=1S/C8H18N2O2/c1-7(8(11)12)9-5-4-6-10(2)3/h7,9H,4-6H2,1-3H3,(H,11,12)/t7-/m0/s1. The molecule has 1 atom stereocenters. The summed E-state index contributed by atoms with van der Waals surface area (Å²) >= 11 is 0. The molecule has 72 valence electrons. The first-order chi connectivity index (χ1) is 5.54. The number of nitrogens with one attached hydrogen (secondary N) is 1. The van der Waals surface area contributed by atoms with Gasteiger partial charge in [0.15, 0.2) is 0 Å². The highest BCUT2D eigenvalue weighted by Gasteiger charge is 2.07. The molecular weight excluding hydrogens is 156 g/mol. The van der Waals surface area contributed by atoms with Crippen LogP contribution in [0.5, 0.6) is 0 Å². The normalized spacial score (nSPS) is 13.3. The Balaban J connectivity index is 3.25. The Morgan fingerprint density at radius 1 is 1.58 bits per heavy atom. The van der Waals surface area contributed by atoms with Crippen molar-refractivity contribution in [3.8, 4) is 0 Å². The summed E-state index contributed by atoms with van der Waals surface area (Å²) in [5.74, 6) is -0.792. The summed E-state index contributed by atoms with van der Waals surface area (Å²) < 4.78 is 0. The van der Waals surface area contributed by atoms with E-state index in [1.807, 2.05) is 14.1 Å². The first-order valence-corrected chi connectivity index (χ1v) is 4.15. The van der Waals surface area contributed by atoms with Gasteiger partial charge in [-0.1, -0.05) is 0 Å². The van der Waals surface area contributed by atoms with E-state index in [-0.39, 0.29) is 0 Å². The molecule has 0 aliphatic heterocycles. The van der Waals surface area contributed by atoms with Gasteiger partial charge in [0, 0.05) is 0 Å². The average molecular weight is 174 g/mol. The SMILES string of the molecule is C[C@H](NCCCN(C)C)C(=O)O. The van der Waals surface area contributed by atoms with Crippen LogP contribution in [0.1, 0.15) is 13.3 Å². The third kappa shape index (κ3) is 6.12. The number of hydrogen-bond donors (Lipinski definition) is 2. The van der Waals surface area contributed by atoms with Gasteiger partial charge in [0.25, 0.3) is 0 Å². The highest BCUT2D eigenvalue weighted by atomic mass is 16.4. The molecule has 0 saturated heterocycles. The van der Waals surface area contributed by atoms with Crippen LogP contribution in [-0.2, 0) is 4.79 Å². The fourth-order valence-corrected chi connectivity index (χ4v) is 0.801. The van der Waals surface area contributed by atoms with Gasteiger partial charge in [-0.05, 0) is 40.5 Å². The lowest BCUT2D eigenvalue weighted by molar-refractivity contribution is -0.138. The average Bonchev–Trinajstić information content (AvgIpc) is 1.97. The van der Waals surface area contributed by atoms with Crippen molar-refractivity contribution in [3.63, 3.8) is 0 Å². The lowest BCUT2D eigenvalue weighted by atomic mass is 10.3. The smallest absolute Gasteiger partial charge is 0.320 e. The molecule has 0 aliphatic rings. The number of carbonyl (C=O) groups is 1. The summed E-state index contributed by atoms with van der Waals surface area (Å²) in [5.41, 5.74) is 0. The second-order valence-corrected chi connectivity index (χ2v) is 3.17. The van der Waals surface area contributed by atoms with Crippen LogP contribution in [0, 0.1) is 0 Å². The topological polar surface area (TPSA) is 52.6 Å². The Labute approximate surface area is 73.6 Å². The van der Waals surface area contributed by atoms with Crippen molar-refractivity contribution in [2.24, 2.45) is 0 Å². The van der Waals surface area contributed by atoms with Gasteiger partial charge in [-0.3, -0.25) is 4.79 Å². The van der Waals surface area contributed by atoms with Crippen LogP contribution in [-0.4, -0.2) is 49.2 Å². The van der Waals surface area contributed by atoms with Gasteiger partial charge in [0.05, 0.1) is 0 Å². The molecule has 0 radical (unpaired) electrons. The van der Waals surface area contributed by atoms with Gasteiger partial charge in [-0.25, -0.2) is 0 Å². The van der Waals surface area contributed by atoms with Gasteiger partial charge in [0.1, 0.15) is 6.04 Å². The maximum Gasteiger partial charge on any atom is 0.320 e. The van der Waals surface area contributed by atoms with E-state index in [0.29, 0.717) is 0 Å². The van der Waals surface area contributed by atoms with E-state index in [4.69, 9.17) is 5.11 Å². The Kier molecular flexibility index (Phi) is 5.66. The van der Waals surface area contributed by atoms with Crippen LogP contribution in [0.15, 0.2) is 0 Å². The van der Waals surface area contributed by atoms with Gasteiger partial charge < -0.3 is 15.3 Å². The Morgan fingerprint density at radius 3 is 2.58 bits per heavy atom. The van der Waals surface area contributed by atoms with Crippen molar-refractivity contribution in [2.75, 3.05) is 27.2 Å². The molecule has 0 saturated carbocycles. The first kappa shape index (κ1) is 11.4. The van der Waals surface area contributed by atoms with Crippen LogP contribution >= 0.6 is 0 Å². The third-order valence-corrected chi connectivity index (χ3v) is 1.60. The Bertz CT molecular complexity index is 137. The van der Waals surface area contributed by atoms with Crippen molar-refractivity contribution in [3.05, 3.63) is 0 Å². The summed E-state index contributed by atoms with van der Waals surface area (Å²) in [6.07, 6.45) is 0.977. The predicted molar refractivity (Wildman–Crippen MR) is 48.3 cm³/mol. The van der Waals surface area contributed by atoms with Gasteiger partial charge in [-0.2, -0.15) is 0 Å². The van der Waals surface area contributed by atoms with E-state index in [1.54, 1.807) is 6.92 Å². The van der Waals surface area contributed by atoms with E-state index in [0.717, 1.165) is 19.5 Å². The van der Waals surface area contributed by atoms with Crippen LogP contribution in [0.4, 0.5) is 0 Å². The van der Waals surface area contributed by atoms with Crippen molar-refractivity contribution >= 4 is 5.97 Å². The molecular formula is C8H18N2O2. The Hall–Kier alpha value is -0.610. The lowest BCUT2D eigenvalue weighted by Crippen LogP contribution is -2.35. The number of aliphatic carboxylic acids is 1. The number of nitrogens with zero attached hydrogens (tertiary/aromatic N) is 1. The summed E-state index contributed by atoms with van der Waals surface area (Å²) in [4.78, 5) is 12.4. The highest BCUT2D eigenvalue weighted by Crippen LogP contribution is 1.84. The van der Waals surface area contributed by atoms with Crippen LogP contribution in [0.25, 0.3) is 0 Å². The largest absolute Gasteiger partial charge is 0.480 e. The third-order valence-electron chi connectivity index (χ3n) is 1.60.